The van der Waals surface area contributed by atoms with Gasteiger partial charge < -0.3 is 47.7 Å². The van der Waals surface area contributed by atoms with Gasteiger partial charge in [0.05, 0.1) is 77.2 Å². The number of hydrogen-bond acceptors (Lipinski definition) is 12. The molecule has 4 aromatic rings. The maximum absolute atomic E-state index is 13.6. The van der Waals surface area contributed by atoms with Crippen LogP contribution in [0.5, 0.6) is 23.0 Å². The van der Waals surface area contributed by atoms with Gasteiger partial charge in [-0.1, -0.05) is 65.2 Å². The molecule has 68 heavy (non-hydrogen) atoms. The number of carbonyl (C=O) groups is 4. The number of rotatable bonds is 20. The summed E-state index contributed by atoms with van der Waals surface area (Å²) >= 11 is 0. The molecule has 0 spiro atoms. The minimum absolute atomic E-state index is 0.227. The fourth-order valence-corrected chi connectivity index (χ4v) is 7.17. The molecule has 0 radical (unpaired) electrons. The largest absolute Gasteiger partial charge is 0.494 e. The minimum atomic E-state index is -0.533. The van der Waals surface area contributed by atoms with Gasteiger partial charge >= 0.3 is 11.9 Å². The smallest absolute Gasteiger partial charge is 0.343 e. The van der Waals surface area contributed by atoms with E-state index in [1.54, 1.807) is 107 Å². The summed E-state index contributed by atoms with van der Waals surface area (Å²) in [6, 6.07) is 26.7. The van der Waals surface area contributed by atoms with Gasteiger partial charge in [-0.2, -0.15) is 0 Å². The first-order chi connectivity index (χ1) is 33.3. The summed E-state index contributed by atoms with van der Waals surface area (Å²) in [5, 5.41) is 0. The quantitative estimate of drug-likeness (QED) is 0.0472. The first-order valence-corrected chi connectivity index (χ1v) is 24.3. The van der Waals surface area contributed by atoms with Gasteiger partial charge in [0.2, 0.25) is 0 Å². The molecule has 0 aromatic heterocycles. The minimum Gasteiger partial charge on any atom is -0.494 e. The molecule has 14 heteroatoms. The second-order valence-electron chi connectivity index (χ2n) is 16.4. The van der Waals surface area contributed by atoms with Gasteiger partial charge in [0, 0.05) is 37.3 Å². The highest BCUT2D eigenvalue weighted by atomic mass is 16.5. The van der Waals surface area contributed by atoms with E-state index in [2.05, 4.69) is 13.8 Å². The lowest BCUT2D eigenvalue weighted by atomic mass is 10.1. The van der Waals surface area contributed by atoms with E-state index in [4.69, 9.17) is 37.9 Å². The highest BCUT2D eigenvalue weighted by molar-refractivity contribution is 5.97. The Morgan fingerprint density at radius 2 is 0.676 bits per heavy atom. The SMILES string of the molecule is CCCCCCCOc1ccc(OC(=O)c2ccc(C(=O)N3CCOCCOCCN(C(=O)c4ccc(C(=O)Oc5ccc(OCCCCCCC)cc5)cc4)CCOCCOCC3)cc2)cc1. The number of unbranched alkanes of at least 4 members (excludes halogenated alkanes) is 8. The predicted molar refractivity (Wildman–Crippen MR) is 259 cm³/mol. The Hall–Kier alpha value is -5.80. The van der Waals surface area contributed by atoms with Gasteiger partial charge in [0.15, 0.2) is 0 Å². The number of esters is 2. The summed E-state index contributed by atoms with van der Waals surface area (Å²) in [6.45, 7) is 9.12. The van der Waals surface area contributed by atoms with Crippen LogP contribution in [0.25, 0.3) is 0 Å². The molecule has 2 amide bonds. The van der Waals surface area contributed by atoms with Crippen LogP contribution in [0.3, 0.4) is 0 Å². The van der Waals surface area contributed by atoms with Crippen LogP contribution in [0.4, 0.5) is 0 Å². The normalized spacial score (nSPS) is 14.6. The summed E-state index contributed by atoms with van der Waals surface area (Å²) in [7, 11) is 0. The summed E-state index contributed by atoms with van der Waals surface area (Å²) in [4.78, 5) is 56.4. The molecule has 5 rings (SSSR count). The molecule has 368 valence electrons. The molecule has 0 bridgehead atoms. The Morgan fingerprint density at radius 1 is 0.382 bits per heavy atom. The van der Waals surface area contributed by atoms with Gasteiger partial charge in [0.1, 0.15) is 23.0 Å². The molecular formula is C54H70N2O12. The van der Waals surface area contributed by atoms with Crippen molar-refractivity contribution in [1.29, 1.82) is 0 Å². The lowest BCUT2D eigenvalue weighted by Gasteiger charge is -2.24. The van der Waals surface area contributed by atoms with E-state index in [0.29, 0.717) is 73.1 Å². The molecular weight excluding hydrogens is 869 g/mol. The van der Waals surface area contributed by atoms with Crippen molar-refractivity contribution in [2.24, 2.45) is 0 Å². The second-order valence-corrected chi connectivity index (χ2v) is 16.4. The molecule has 0 N–H and O–H groups in total. The van der Waals surface area contributed by atoms with Crippen molar-refractivity contribution in [3.05, 3.63) is 119 Å². The molecule has 0 aliphatic carbocycles. The second kappa shape index (κ2) is 31.3. The highest BCUT2D eigenvalue weighted by Crippen LogP contribution is 2.22. The van der Waals surface area contributed by atoms with Crippen molar-refractivity contribution >= 4 is 23.8 Å². The van der Waals surface area contributed by atoms with Crippen molar-refractivity contribution in [2.45, 2.75) is 78.1 Å². The maximum Gasteiger partial charge on any atom is 0.343 e. The Morgan fingerprint density at radius 3 is 1.00 bits per heavy atom. The third kappa shape index (κ3) is 19.4. The molecule has 0 atom stereocenters. The van der Waals surface area contributed by atoms with Crippen LogP contribution in [-0.4, -0.2) is 126 Å². The van der Waals surface area contributed by atoms with E-state index in [1.807, 2.05) is 0 Å². The fraction of sp³-hybridized carbons (Fsp3) is 0.481. The van der Waals surface area contributed by atoms with Crippen LogP contribution in [0, 0.1) is 0 Å². The fourth-order valence-electron chi connectivity index (χ4n) is 7.17. The van der Waals surface area contributed by atoms with Crippen molar-refractivity contribution in [3.8, 4) is 23.0 Å². The lowest BCUT2D eigenvalue weighted by molar-refractivity contribution is 0.00889. The Balaban J connectivity index is 1.03. The molecule has 1 fully saturated rings. The standard InChI is InChI=1S/C54H70N2O12/c1-3-5-7-9-11-33-65-47-21-25-49(26-22-47)67-53(59)45-17-13-43(14-18-45)51(57)55-29-35-61-39-41-63-37-31-56(32-38-64-42-40-62-36-30-55)52(58)44-15-19-46(20-16-44)54(60)68-50-27-23-48(24-28-50)66-34-12-10-8-6-4-2/h13-28H,3-12,29-42H2,1-2H3. The van der Waals surface area contributed by atoms with E-state index in [-0.39, 0.29) is 64.7 Å². The van der Waals surface area contributed by atoms with E-state index < -0.39 is 11.9 Å². The molecule has 1 saturated heterocycles. The van der Waals surface area contributed by atoms with Gasteiger partial charge in [0.25, 0.3) is 11.8 Å². The van der Waals surface area contributed by atoms with Crippen LogP contribution in [-0.2, 0) is 18.9 Å². The number of amides is 2. The van der Waals surface area contributed by atoms with Gasteiger partial charge in [-0.25, -0.2) is 9.59 Å². The molecule has 14 nitrogen and oxygen atoms in total. The molecule has 4 aromatic carbocycles. The first-order valence-electron chi connectivity index (χ1n) is 24.3. The number of ether oxygens (including phenoxy) is 8. The average Bonchev–Trinajstić information content (AvgIpc) is 3.36. The van der Waals surface area contributed by atoms with E-state index in [9.17, 15) is 19.2 Å². The molecule has 0 unspecified atom stereocenters. The zero-order valence-electron chi connectivity index (χ0n) is 40.0. The van der Waals surface area contributed by atoms with E-state index in [1.165, 1.54) is 38.5 Å². The highest BCUT2D eigenvalue weighted by Gasteiger charge is 2.20. The van der Waals surface area contributed by atoms with Crippen LogP contribution >= 0.6 is 0 Å². The van der Waals surface area contributed by atoms with Gasteiger partial charge in [-0.05, 0) is 110 Å². The zero-order valence-corrected chi connectivity index (χ0v) is 40.0. The predicted octanol–water partition coefficient (Wildman–Crippen LogP) is 9.49. The summed E-state index contributed by atoms with van der Waals surface area (Å²) in [5.74, 6) is 0.725. The molecule has 1 aliphatic rings. The maximum atomic E-state index is 13.6. The topological polar surface area (TPSA) is 149 Å². The van der Waals surface area contributed by atoms with Gasteiger partial charge in [-0.15, -0.1) is 0 Å². The van der Waals surface area contributed by atoms with Crippen LogP contribution in [0.1, 0.15) is 119 Å². The third-order valence-electron chi connectivity index (χ3n) is 11.2. The first kappa shape index (κ1) is 53.2. The van der Waals surface area contributed by atoms with Crippen molar-refractivity contribution in [2.75, 3.05) is 92.2 Å². The Bertz CT molecular complexity index is 1890. The number of benzene rings is 4. The summed E-state index contributed by atoms with van der Waals surface area (Å²) in [5.41, 5.74) is 1.45. The lowest BCUT2D eigenvalue weighted by Crippen LogP contribution is -2.38. The zero-order chi connectivity index (χ0) is 48.0. The number of hydrogen-bond donors (Lipinski definition) is 0. The Labute approximate surface area is 402 Å². The summed E-state index contributed by atoms with van der Waals surface area (Å²) < 4.78 is 46.0. The van der Waals surface area contributed by atoms with E-state index >= 15 is 0 Å². The third-order valence-corrected chi connectivity index (χ3v) is 11.2. The number of carbonyl (C=O) groups excluding carboxylic acids is 4. The molecule has 1 aliphatic heterocycles. The molecule has 1 heterocycles. The van der Waals surface area contributed by atoms with Crippen LogP contribution < -0.4 is 18.9 Å². The van der Waals surface area contributed by atoms with Crippen molar-refractivity contribution < 1.29 is 57.1 Å². The van der Waals surface area contributed by atoms with Crippen molar-refractivity contribution in [3.63, 3.8) is 0 Å². The van der Waals surface area contributed by atoms with Gasteiger partial charge in [-0.3, -0.25) is 9.59 Å². The van der Waals surface area contributed by atoms with Crippen molar-refractivity contribution in [1.82, 2.24) is 9.80 Å². The Kier molecular flexibility index (Phi) is 24.5. The average molecular weight is 939 g/mol. The number of nitrogens with zero attached hydrogens (tertiary/aromatic N) is 2. The monoisotopic (exact) mass is 938 g/mol. The van der Waals surface area contributed by atoms with Crippen LogP contribution in [0.15, 0.2) is 97.1 Å². The summed E-state index contributed by atoms with van der Waals surface area (Å²) in [6.07, 6.45) is 11.6. The van der Waals surface area contributed by atoms with Crippen LogP contribution in [0.2, 0.25) is 0 Å². The molecule has 0 saturated carbocycles. The van der Waals surface area contributed by atoms with E-state index in [0.717, 1.165) is 37.2 Å².